The van der Waals surface area contributed by atoms with Crippen molar-refractivity contribution in [3.05, 3.63) is 29.3 Å². The van der Waals surface area contributed by atoms with Gasteiger partial charge in [-0.15, -0.1) is 0 Å². The molecular formula is C15H22N2. The van der Waals surface area contributed by atoms with Gasteiger partial charge in [-0.2, -0.15) is 0 Å². The summed E-state index contributed by atoms with van der Waals surface area (Å²) in [5.74, 6) is 0.603. The Balaban J connectivity index is 1.90. The molecule has 0 radical (unpaired) electrons. The Hall–Kier alpha value is -1.02. The van der Waals surface area contributed by atoms with Gasteiger partial charge in [0.1, 0.15) is 0 Å². The number of hydrogen-bond donors (Lipinski definition) is 1. The molecule has 2 aliphatic rings. The molecule has 1 aliphatic carbocycles. The Morgan fingerprint density at radius 2 is 2.00 bits per heavy atom. The number of rotatable bonds is 2. The van der Waals surface area contributed by atoms with Gasteiger partial charge in [-0.25, -0.2) is 0 Å². The van der Waals surface area contributed by atoms with E-state index in [0.29, 0.717) is 5.92 Å². The van der Waals surface area contributed by atoms with Gasteiger partial charge < -0.3 is 10.6 Å². The first-order valence-electron chi connectivity index (χ1n) is 6.96. The van der Waals surface area contributed by atoms with Gasteiger partial charge >= 0.3 is 0 Å². The van der Waals surface area contributed by atoms with Crippen LogP contribution in [0.3, 0.4) is 0 Å². The average Bonchev–Trinajstić information content (AvgIpc) is 2.91. The zero-order valence-electron chi connectivity index (χ0n) is 10.5. The third-order valence-corrected chi connectivity index (χ3v) is 4.32. The SMILES string of the molecule is NC[C@@H]1CCCc2cc(N3CCCC3)ccc21. The van der Waals surface area contributed by atoms with E-state index in [1.54, 1.807) is 5.56 Å². The van der Waals surface area contributed by atoms with Gasteiger partial charge in [0.2, 0.25) is 0 Å². The molecule has 2 nitrogen and oxygen atoms in total. The zero-order valence-corrected chi connectivity index (χ0v) is 10.5. The van der Waals surface area contributed by atoms with Crippen LogP contribution in [0.1, 0.15) is 42.7 Å². The van der Waals surface area contributed by atoms with Crippen molar-refractivity contribution in [2.75, 3.05) is 24.5 Å². The molecule has 0 spiro atoms. The highest BCUT2D eigenvalue weighted by atomic mass is 15.1. The second-order valence-corrected chi connectivity index (χ2v) is 5.40. The highest BCUT2D eigenvalue weighted by Crippen LogP contribution is 2.34. The van der Waals surface area contributed by atoms with Crippen LogP contribution in [0, 0.1) is 0 Å². The van der Waals surface area contributed by atoms with E-state index in [1.807, 2.05) is 0 Å². The van der Waals surface area contributed by atoms with Crippen LogP contribution in [-0.2, 0) is 6.42 Å². The van der Waals surface area contributed by atoms with Crippen molar-refractivity contribution in [2.24, 2.45) is 5.73 Å². The summed E-state index contributed by atoms with van der Waals surface area (Å²) in [6.45, 7) is 3.27. The van der Waals surface area contributed by atoms with Gasteiger partial charge in [-0.1, -0.05) is 6.07 Å². The topological polar surface area (TPSA) is 29.3 Å². The monoisotopic (exact) mass is 230 g/mol. The molecule has 2 heteroatoms. The molecule has 0 amide bonds. The molecule has 1 heterocycles. The smallest absolute Gasteiger partial charge is 0.0369 e. The fourth-order valence-electron chi connectivity index (χ4n) is 3.32. The fraction of sp³-hybridized carbons (Fsp3) is 0.600. The number of nitrogens with two attached hydrogens (primary N) is 1. The molecule has 3 rings (SSSR count). The van der Waals surface area contributed by atoms with Crippen molar-refractivity contribution in [3.8, 4) is 0 Å². The molecule has 0 bridgehead atoms. The molecule has 0 aromatic heterocycles. The van der Waals surface area contributed by atoms with Gasteiger partial charge in [-0.05, 0) is 67.8 Å². The Morgan fingerprint density at radius 1 is 1.18 bits per heavy atom. The third kappa shape index (κ3) is 2.06. The Labute approximate surface area is 104 Å². The lowest BCUT2D eigenvalue weighted by molar-refractivity contribution is 0.560. The lowest BCUT2D eigenvalue weighted by atomic mass is 9.82. The van der Waals surface area contributed by atoms with Gasteiger partial charge in [0.25, 0.3) is 0 Å². The minimum absolute atomic E-state index is 0.603. The maximum Gasteiger partial charge on any atom is 0.0369 e. The number of anilines is 1. The molecule has 0 unspecified atom stereocenters. The van der Waals surface area contributed by atoms with Crippen molar-refractivity contribution in [1.82, 2.24) is 0 Å². The largest absolute Gasteiger partial charge is 0.372 e. The molecule has 1 fully saturated rings. The van der Waals surface area contributed by atoms with E-state index in [0.717, 1.165) is 6.54 Å². The van der Waals surface area contributed by atoms with Crippen molar-refractivity contribution < 1.29 is 0 Å². The number of nitrogens with zero attached hydrogens (tertiary/aromatic N) is 1. The highest BCUT2D eigenvalue weighted by Gasteiger charge is 2.20. The first kappa shape index (κ1) is 11.1. The second kappa shape index (κ2) is 4.69. The lowest BCUT2D eigenvalue weighted by Gasteiger charge is -2.27. The first-order chi connectivity index (χ1) is 8.38. The van der Waals surface area contributed by atoms with Gasteiger partial charge in [0, 0.05) is 18.8 Å². The lowest BCUT2D eigenvalue weighted by Crippen LogP contribution is -2.21. The van der Waals surface area contributed by atoms with E-state index in [4.69, 9.17) is 5.73 Å². The fourth-order valence-corrected chi connectivity index (χ4v) is 3.32. The molecule has 1 aliphatic heterocycles. The quantitative estimate of drug-likeness (QED) is 0.846. The molecule has 1 saturated heterocycles. The summed E-state index contributed by atoms with van der Waals surface area (Å²) in [6.07, 6.45) is 6.52. The maximum absolute atomic E-state index is 5.87. The van der Waals surface area contributed by atoms with Crippen LogP contribution in [0.4, 0.5) is 5.69 Å². The van der Waals surface area contributed by atoms with Crippen LogP contribution >= 0.6 is 0 Å². The van der Waals surface area contributed by atoms with E-state index in [1.165, 1.54) is 56.4 Å². The van der Waals surface area contributed by atoms with Crippen molar-refractivity contribution in [3.63, 3.8) is 0 Å². The third-order valence-electron chi connectivity index (χ3n) is 4.32. The van der Waals surface area contributed by atoms with E-state index in [2.05, 4.69) is 23.1 Å². The van der Waals surface area contributed by atoms with Crippen LogP contribution in [0.15, 0.2) is 18.2 Å². The summed E-state index contributed by atoms with van der Waals surface area (Å²) < 4.78 is 0. The average molecular weight is 230 g/mol. The molecule has 1 aromatic rings. The second-order valence-electron chi connectivity index (χ2n) is 5.40. The normalized spacial score (nSPS) is 23.8. The first-order valence-corrected chi connectivity index (χ1v) is 6.96. The summed E-state index contributed by atoms with van der Waals surface area (Å²) in [4.78, 5) is 2.52. The van der Waals surface area contributed by atoms with E-state index in [-0.39, 0.29) is 0 Å². The summed E-state index contributed by atoms with van der Waals surface area (Å²) in [7, 11) is 0. The van der Waals surface area contributed by atoms with Gasteiger partial charge in [-0.3, -0.25) is 0 Å². The van der Waals surface area contributed by atoms with Crippen molar-refractivity contribution >= 4 is 5.69 Å². The molecule has 1 atom stereocenters. The molecule has 2 N–H and O–H groups in total. The van der Waals surface area contributed by atoms with Gasteiger partial charge in [0.05, 0.1) is 0 Å². The van der Waals surface area contributed by atoms with Crippen molar-refractivity contribution in [2.45, 2.75) is 38.0 Å². The van der Waals surface area contributed by atoms with Crippen LogP contribution in [-0.4, -0.2) is 19.6 Å². The predicted octanol–water partition coefficient (Wildman–Crippen LogP) is 2.67. The zero-order chi connectivity index (χ0) is 11.7. The summed E-state index contributed by atoms with van der Waals surface area (Å²) in [5.41, 5.74) is 10.4. The van der Waals surface area contributed by atoms with Crippen LogP contribution < -0.4 is 10.6 Å². The predicted molar refractivity (Wildman–Crippen MR) is 72.6 cm³/mol. The van der Waals surface area contributed by atoms with Crippen LogP contribution in [0.25, 0.3) is 0 Å². The summed E-state index contributed by atoms with van der Waals surface area (Å²) in [6, 6.07) is 7.06. The molecule has 0 saturated carbocycles. The highest BCUT2D eigenvalue weighted by molar-refractivity contribution is 5.53. The number of hydrogen-bond acceptors (Lipinski definition) is 2. The van der Waals surface area contributed by atoms with Crippen LogP contribution in [0.2, 0.25) is 0 Å². The molecule has 92 valence electrons. The molecule has 1 aromatic carbocycles. The van der Waals surface area contributed by atoms with E-state index in [9.17, 15) is 0 Å². The Bertz CT molecular complexity index is 394. The minimum atomic E-state index is 0.603. The van der Waals surface area contributed by atoms with Crippen molar-refractivity contribution in [1.29, 1.82) is 0 Å². The Kier molecular flexibility index (Phi) is 3.06. The minimum Gasteiger partial charge on any atom is -0.372 e. The maximum atomic E-state index is 5.87. The van der Waals surface area contributed by atoms with E-state index < -0.39 is 0 Å². The van der Waals surface area contributed by atoms with Gasteiger partial charge in [0.15, 0.2) is 0 Å². The van der Waals surface area contributed by atoms with E-state index >= 15 is 0 Å². The number of benzene rings is 1. The number of aryl methyl sites for hydroxylation is 1. The van der Waals surface area contributed by atoms with Crippen LogP contribution in [0.5, 0.6) is 0 Å². The molecular weight excluding hydrogens is 208 g/mol. The Morgan fingerprint density at radius 3 is 2.76 bits per heavy atom. The standard InChI is InChI=1S/C15H22N2/c16-11-13-5-3-4-12-10-14(6-7-15(12)13)17-8-1-2-9-17/h6-7,10,13H,1-5,8-9,11,16H2/t13-/m0/s1. The number of fused-ring (bicyclic) bond motifs is 1. The summed E-state index contributed by atoms with van der Waals surface area (Å²) in [5, 5.41) is 0. The summed E-state index contributed by atoms with van der Waals surface area (Å²) >= 11 is 0. The molecule has 17 heavy (non-hydrogen) atoms.